The summed E-state index contributed by atoms with van der Waals surface area (Å²) in [6, 6.07) is 9.53. The first-order chi connectivity index (χ1) is 11.2. The quantitative estimate of drug-likeness (QED) is 0.341. The highest BCUT2D eigenvalue weighted by atomic mass is 16.5. The Kier molecular flexibility index (Phi) is 10.2. The van der Waals surface area contributed by atoms with E-state index >= 15 is 0 Å². The van der Waals surface area contributed by atoms with Crippen LogP contribution in [-0.2, 0) is 20.9 Å². The maximum absolute atomic E-state index is 11.6. The number of ether oxygens (including phenoxy) is 2. The van der Waals surface area contributed by atoms with Crippen LogP contribution in [0.1, 0.15) is 25.3 Å². The van der Waals surface area contributed by atoms with Crippen molar-refractivity contribution in [2.75, 3.05) is 33.0 Å². The van der Waals surface area contributed by atoms with Crippen LogP contribution in [0.2, 0.25) is 0 Å². The van der Waals surface area contributed by atoms with Crippen LogP contribution in [0.25, 0.3) is 0 Å². The van der Waals surface area contributed by atoms with Crippen molar-refractivity contribution in [1.82, 2.24) is 4.90 Å². The van der Waals surface area contributed by atoms with Crippen molar-refractivity contribution in [3.8, 4) is 0 Å². The van der Waals surface area contributed by atoms with Gasteiger partial charge in [-0.1, -0.05) is 37.3 Å². The van der Waals surface area contributed by atoms with Crippen molar-refractivity contribution >= 4 is 5.97 Å². The molecule has 0 spiro atoms. The molecule has 2 N–H and O–H groups in total. The zero-order valence-electron chi connectivity index (χ0n) is 13.7. The molecular formula is C17H27NO5. The van der Waals surface area contributed by atoms with Crippen molar-refractivity contribution in [3.63, 3.8) is 0 Å². The number of nitrogens with zero attached hydrogens (tertiary/aromatic N) is 1. The van der Waals surface area contributed by atoms with Crippen LogP contribution >= 0.6 is 0 Å². The van der Waals surface area contributed by atoms with E-state index < -0.39 is 6.10 Å². The molecule has 1 unspecified atom stereocenters. The summed E-state index contributed by atoms with van der Waals surface area (Å²) < 4.78 is 10.5. The molecular weight excluding hydrogens is 298 g/mol. The minimum absolute atomic E-state index is 0.0825. The Morgan fingerprint density at radius 1 is 1.30 bits per heavy atom. The summed E-state index contributed by atoms with van der Waals surface area (Å²) in [7, 11) is 0. The highest BCUT2D eigenvalue weighted by Crippen LogP contribution is 2.03. The van der Waals surface area contributed by atoms with Crippen molar-refractivity contribution in [2.45, 2.75) is 32.5 Å². The first-order valence-corrected chi connectivity index (χ1v) is 7.94. The monoisotopic (exact) mass is 325 g/mol. The molecule has 6 nitrogen and oxygen atoms in total. The van der Waals surface area contributed by atoms with Gasteiger partial charge in [-0.3, -0.25) is 9.69 Å². The van der Waals surface area contributed by atoms with Gasteiger partial charge in [0, 0.05) is 19.6 Å². The van der Waals surface area contributed by atoms with E-state index in [1.165, 1.54) is 0 Å². The molecule has 0 amide bonds. The number of benzene rings is 1. The molecule has 1 aromatic carbocycles. The molecule has 0 aliphatic rings. The van der Waals surface area contributed by atoms with Crippen molar-refractivity contribution in [3.05, 3.63) is 35.9 Å². The molecule has 0 aliphatic carbocycles. The maximum atomic E-state index is 11.6. The molecule has 0 radical (unpaired) electrons. The topological polar surface area (TPSA) is 79.2 Å². The van der Waals surface area contributed by atoms with Gasteiger partial charge in [-0.2, -0.15) is 0 Å². The summed E-state index contributed by atoms with van der Waals surface area (Å²) >= 11 is 0. The van der Waals surface area contributed by atoms with E-state index in [1.807, 2.05) is 37.3 Å². The molecule has 0 bridgehead atoms. The van der Waals surface area contributed by atoms with E-state index in [2.05, 4.69) is 0 Å². The SMILES string of the molecule is CCN(CO)CC(O)COCCCC(=O)OCc1ccccc1. The number of carbonyl (C=O) groups is 1. The summed E-state index contributed by atoms with van der Waals surface area (Å²) in [6.45, 7) is 3.73. The van der Waals surface area contributed by atoms with E-state index in [0.717, 1.165) is 5.56 Å². The van der Waals surface area contributed by atoms with Gasteiger partial charge in [0.25, 0.3) is 0 Å². The minimum Gasteiger partial charge on any atom is -0.461 e. The molecule has 0 heterocycles. The van der Waals surface area contributed by atoms with E-state index in [-0.39, 0.29) is 25.9 Å². The average molecular weight is 325 g/mol. The Balaban J connectivity index is 2.02. The fraction of sp³-hybridized carbons (Fsp3) is 0.588. The van der Waals surface area contributed by atoms with Crippen LogP contribution in [0.15, 0.2) is 30.3 Å². The minimum atomic E-state index is -0.646. The lowest BCUT2D eigenvalue weighted by Gasteiger charge is -2.20. The third-order valence-corrected chi connectivity index (χ3v) is 3.34. The van der Waals surface area contributed by atoms with Crippen LogP contribution in [0, 0.1) is 0 Å². The number of aliphatic hydroxyl groups is 2. The van der Waals surface area contributed by atoms with Crippen LogP contribution in [0.4, 0.5) is 0 Å². The van der Waals surface area contributed by atoms with Crippen molar-refractivity contribution in [1.29, 1.82) is 0 Å². The molecule has 1 atom stereocenters. The van der Waals surface area contributed by atoms with E-state index in [1.54, 1.807) is 4.90 Å². The molecule has 6 heteroatoms. The molecule has 0 aliphatic heterocycles. The normalized spacial score (nSPS) is 12.3. The van der Waals surface area contributed by atoms with Crippen molar-refractivity contribution < 1.29 is 24.5 Å². The lowest BCUT2D eigenvalue weighted by atomic mass is 10.2. The number of rotatable bonds is 12. The van der Waals surface area contributed by atoms with Gasteiger partial charge in [-0.05, 0) is 18.5 Å². The third-order valence-electron chi connectivity index (χ3n) is 3.34. The first-order valence-electron chi connectivity index (χ1n) is 7.94. The fourth-order valence-corrected chi connectivity index (χ4v) is 1.99. The van der Waals surface area contributed by atoms with Gasteiger partial charge < -0.3 is 19.7 Å². The standard InChI is InChI=1S/C17H27NO5/c1-2-18(14-19)11-16(20)13-22-10-6-9-17(21)23-12-15-7-4-3-5-8-15/h3-5,7-8,16,19-20H,2,6,9-14H2,1H3. The summed E-state index contributed by atoms with van der Waals surface area (Å²) in [5.41, 5.74) is 0.963. The van der Waals surface area contributed by atoms with Crippen LogP contribution in [-0.4, -0.2) is 60.2 Å². The maximum Gasteiger partial charge on any atom is 0.306 e. The lowest BCUT2D eigenvalue weighted by Crippen LogP contribution is -2.35. The molecule has 1 rings (SSSR count). The largest absolute Gasteiger partial charge is 0.461 e. The molecule has 0 saturated carbocycles. The second-order valence-electron chi connectivity index (χ2n) is 5.29. The Bertz CT molecular complexity index is 422. The number of esters is 1. The summed E-state index contributed by atoms with van der Waals surface area (Å²) in [5.74, 6) is -0.254. The number of hydrogen-bond donors (Lipinski definition) is 2. The second kappa shape index (κ2) is 12.0. The predicted molar refractivity (Wildman–Crippen MR) is 86.6 cm³/mol. The number of aliphatic hydroxyl groups excluding tert-OH is 2. The molecule has 0 aromatic heterocycles. The van der Waals surface area contributed by atoms with Crippen LogP contribution in [0.5, 0.6) is 0 Å². The summed E-state index contributed by atoms with van der Waals surface area (Å²) in [6.07, 6.45) is 0.200. The Morgan fingerprint density at radius 3 is 2.70 bits per heavy atom. The van der Waals surface area contributed by atoms with Gasteiger partial charge in [0.1, 0.15) is 6.61 Å². The van der Waals surface area contributed by atoms with E-state index in [0.29, 0.717) is 32.5 Å². The predicted octanol–water partition coefficient (Wildman–Crippen LogP) is 1.16. The molecule has 1 aromatic rings. The lowest BCUT2D eigenvalue weighted by molar-refractivity contribution is -0.145. The van der Waals surface area contributed by atoms with Gasteiger partial charge >= 0.3 is 5.97 Å². The highest BCUT2D eigenvalue weighted by Gasteiger charge is 2.10. The number of hydrogen-bond acceptors (Lipinski definition) is 6. The zero-order valence-corrected chi connectivity index (χ0v) is 13.7. The smallest absolute Gasteiger partial charge is 0.306 e. The Hall–Kier alpha value is -1.47. The molecule has 23 heavy (non-hydrogen) atoms. The van der Waals surface area contributed by atoms with Gasteiger partial charge in [-0.15, -0.1) is 0 Å². The average Bonchev–Trinajstić information content (AvgIpc) is 2.58. The fourth-order valence-electron chi connectivity index (χ4n) is 1.99. The van der Waals surface area contributed by atoms with E-state index in [9.17, 15) is 9.90 Å². The summed E-state index contributed by atoms with van der Waals surface area (Å²) in [5, 5.41) is 18.7. The zero-order chi connectivity index (χ0) is 16.9. The Morgan fingerprint density at radius 2 is 2.04 bits per heavy atom. The second-order valence-corrected chi connectivity index (χ2v) is 5.29. The van der Waals surface area contributed by atoms with Gasteiger partial charge in [0.15, 0.2) is 0 Å². The van der Waals surface area contributed by atoms with Crippen molar-refractivity contribution in [2.24, 2.45) is 0 Å². The molecule has 0 saturated heterocycles. The molecule has 130 valence electrons. The highest BCUT2D eigenvalue weighted by molar-refractivity contribution is 5.69. The van der Waals surface area contributed by atoms with Gasteiger partial charge in [-0.25, -0.2) is 0 Å². The van der Waals surface area contributed by atoms with Crippen LogP contribution < -0.4 is 0 Å². The third kappa shape index (κ3) is 9.30. The number of carbonyl (C=O) groups excluding carboxylic acids is 1. The first kappa shape index (κ1) is 19.6. The van der Waals surface area contributed by atoms with E-state index in [4.69, 9.17) is 14.6 Å². The van der Waals surface area contributed by atoms with Gasteiger partial charge in [0.05, 0.1) is 19.4 Å². The van der Waals surface area contributed by atoms with Crippen LogP contribution in [0.3, 0.4) is 0 Å². The summed E-state index contributed by atoms with van der Waals surface area (Å²) in [4.78, 5) is 13.3. The molecule has 0 fully saturated rings. The Labute approximate surface area is 137 Å². The number of likely N-dealkylation sites (N-methyl/N-ethyl adjacent to an activating group) is 1. The van der Waals surface area contributed by atoms with Gasteiger partial charge in [0.2, 0.25) is 0 Å².